The monoisotopic (exact) mass is 152 g/mol. The van der Waals surface area contributed by atoms with E-state index in [0.29, 0.717) is 12.5 Å². The zero-order valence-corrected chi connectivity index (χ0v) is 7.09. The van der Waals surface area contributed by atoms with Crippen LogP contribution in [0.1, 0.15) is 26.2 Å². The van der Waals surface area contributed by atoms with Crippen molar-refractivity contribution < 1.29 is 5.11 Å². The third-order valence-electron chi connectivity index (χ3n) is 1.97. The molecule has 0 radical (unpaired) electrons. The molecule has 0 heterocycles. The van der Waals surface area contributed by atoms with Crippen molar-refractivity contribution in [1.29, 1.82) is 0 Å². The lowest BCUT2D eigenvalue weighted by Crippen LogP contribution is -2.01. The molecule has 0 aromatic heterocycles. The fourth-order valence-electron chi connectivity index (χ4n) is 1.29. The van der Waals surface area contributed by atoms with Crippen molar-refractivity contribution in [3.63, 3.8) is 0 Å². The maximum atomic E-state index is 8.81. The van der Waals surface area contributed by atoms with Gasteiger partial charge in [-0.1, -0.05) is 30.7 Å². The van der Waals surface area contributed by atoms with Crippen LogP contribution in [-0.2, 0) is 0 Å². The lowest BCUT2D eigenvalue weighted by Gasteiger charge is -2.10. The van der Waals surface area contributed by atoms with Gasteiger partial charge in [-0.15, -0.1) is 0 Å². The second-order valence-electron chi connectivity index (χ2n) is 3.25. The molecule has 1 nitrogen and oxygen atoms in total. The van der Waals surface area contributed by atoms with Crippen LogP contribution in [0.5, 0.6) is 0 Å². The summed E-state index contributed by atoms with van der Waals surface area (Å²) in [4.78, 5) is 0. The molecule has 1 aliphatic carbocycles. The van der Waals surface area contributed by atoms with Crippen LogP contribution in [0.3, 0.4) is 0 Å². The van der Waals surface area contributed by atoms with Crippen LogP contribution in [-0.4, -0.2) is 11.7 Å². The zero-order valence-electron chi connectivity index (χ0n) is 7.09. The van der Waals surface area contributed by atoms with E-state index in [1.807, 2.05) is 0 Å². The van der Waals surface area contributed by atoms with Crippen LogP contribution in [0.4, 0.5) is 0 Å². The second kappa shape index (κ2) is 4.35. The molecule has 62 valence electrons. The first-order valence-corrected chi connectivity index (χ1v) is 4.29. The molecule has 0 aromatic rings. The van der Waals surface area contributed by atoms with Crippen molar-refractivity contribution in [2.24, 2.45) is 5.92 Å². The second-order valence-corrected chi connectivity index (χ2v) is 3.25. The molecule has 0 bridgehead atoms. The average molecular weight is 152 g/mol. The van der Waals surface area contributed by atoms with Gasteiger partial charge in [-0.2, -0.15) is 0 Å². The fourth-order valence-corrected chi connectivity index (χ4v) is 1.29. The normalized spacial score (nSPS) is 19.6. The Morgan fingerprint density at radius 3 is 2.91 bits per heavy atom. The lowest BCUT2D eigenvalue weighted by molar-refractivity contribution is 0.237. The SMILES string of the molecule is C[C@H](CO)CC1=CCCC=C1. The van der Waals surface area contributed by atoms with Crippen LogP contribution >= 0.6 is 0 Å². The average Bonchev–Trinajstić information content (AvgIpc) is 2.06. The topological polar surface area (TPSA) is 20.2 Å². The predicted octanol–water partition coefficient (Wildman–Crippen LogP) is 2.28. The maximum absolute atomic E-state index is 8.81. The highest BCUT2D eigenvalue weighted by molar-refractivity contribution is 5.22. The largest absolute Gasteiger partial charge is 0.396 e. The molecule has 11 heavy (non-hydrogen) atoms. The summed E-state index contributed by atoms with van der Waals surface area (Å²) in [6, 6.07) is 0. The van der Waals surface area contributed by atoms with Gasteiger partial charge >= 0.3 is 0 Å². The quantitative estimate of drug-likeness (QED) is 0.657. The van der Waals surface area contributed by atoms with E-state index in [9.17, 15) is 0 Å². The minimum atomic E-state index is 0.297. The van der Waals surface area contributed by atoms with Crippen molar-refractivity contribution in [1.82, 2.24) is 0 Å². The van der Waals surface area contributed by atoms with Crippen LogP contribution in [0.25, 0.3) is 0 Å². The Balaban J connectivity index is 2.36. The summed E-state index contributed by atoms with van der Waals surface area (Å²) >= 11 is 0. The van der Waals surface area contributed by atoms with Gasteiger partial charge in [0.05, 0.1) is 0 Å². The third kappa shape index (κ3) is 2.89. The van der Waals surface area contributed by atoms with E-state index in [-0.39, 0.29) is 0 Å². The fraction of sp³-hybridized carbons (Fsp3) is 0.600. The highest BCUT2D eigenvalue weighted by Crippen LogP contribution is 2.17. The highest BCUT2D eigenvalue weighted by Gasteiger charge is 2.03. The molecule has 1 heteroatoms. The summed E-state index contributed by atoms with van der Waals surface area (Å²) < 4.78 is 0. The first kappa shape index (κ1) is 8.54. The number of aliphatic hydroxyl groups excluding tert-OH is 1. The van der Waals surface area contributed by atoms with E-state index in [4.69, 9.17) is 5.11 Å². The van der Waals surface area contributed by atoms with E-state index >= 15 is 0 Å². The molecule has 0 amide bonds. The van der Waals surface area contributed by atoms with Gasteiger partial charge in [0, 0.05) is 6.61 Å². The molecular formula is C10H16O. The van der Waals surface area contributed by atoms with Gasteiger partial charge in [-0.05, 0) is 25.2 Å². The molecule has 1 rings (SSSR count). The molecule has 0 aromatic carbocycles. The summed E-state index contributed by atoms with van der Waals surface area (Å²) in [6.45, 7) is 2.37. The van der Waals surface area contributed by atoms with Crippen molar-refractivity contribution >= 4 is 0 Å². The van der Waals surface area contributed by atoms with Crippen molar-refractivity contribution in [3.8, 4) is 0 Å². The van der Waals surface area contributed by atoms with Gasteiger partial charge in [0.25, 0.3) is 0 Å². The number of allylic oxidation sites excluding steroid dienone is 4. The Kier molecular flexibility index (Phi) is 3.37. The van der Waals surface area contributed by atoms with E-state index in [1.165, 1.54) is 18.4 Å². The molecule has 1 atom stereocenters. The summed E-state index contributed by atoms with van der Waals surface area (Å²) in [5, 5.41) is 8.81. The summed E-state index contributed by atoms with van der Waals surface area (Å²) in [5.41, 5.74) is 1.39. The Morgan fingerprint density at radius 2 is 2.36 bits per heavy atom. The van der Waals surface area contributed by atoms with Crippen molar-refractivity contribution in [3.05, 3.63) is 23.8 Å². The molecule has 0 unspecified atom stereocenters. The van der Waals surface area contributed by atoms with Crippen molar-refractivity contribution in [2.75, 3.05) is 6.61 Å². The Bertz CT molecular complexity index is 168. The number of hydrogen-bond donors (Lipinski definition) is 1. The summed E-state index contributed by atoms with van der Waals surface area (Å²) in [6.07, 6.45) is 10.0. The Labute approximate surface area is 68.4 Å². The van der Waals surface area contributed by atoms with Gasteiger partial charge in [-0.3, -0.25) is 0 Å². The summed E-state index contributed by atoms with van der Waals surface area (Å²) in [5.74, 6) is 0.406. The molecular weight excluding hydrogens is 136 g/mol. The van der Waals surface area contributed by atoms with E-state index in [1.54, 1.807) is 0 Å². The van der Waals surface area contributed by atoms with Crippen LogP contribution in [0, 0.1) is 5.92 Å². The van der Waals surface area contributed by atoms with Gasteiger partial charge < -0.3 is 5.11 Å². The Hall–Kier alpha value is -0.560. The van der Waals surface area contributed by atoms with Crippen molar-refractivity contribution in [2.45, 2.75) is 26.2 Å². The number of aliphatic hydroxyl groups is 1. The standard InChI is InChI=1S/C10H16O/c1-9(8-11)7-10-5-3-2-4-6-10/h3,5-6,9,11H,2,4,7-8H2,1H3/t9-/m0/s1. The van der Waals surface area contributed by atoms with E-state index < -0.39 is 0 Å². The minimum absolute atomic E-state index is 0.297. The Morgan fingerprint density at radius 1 is 1.55 bits per heavy atom. The highest BCUT2D eigenvalue weighted by atomic mass is 16.3. The third-order valence-corrected chi connectivity index (χ3v) is 1.97. The minimum Gasteiger partial charge on any atom is -0.396 e. The molecule has 0 fully saturated rings. The molecule has 0 spiro atoms. The lowest BCUT2D eigenvalue weighted by atomic mass is 9.97. The summed E-state index contributed by atoms with van der Waals surface area (Å²) in [7, 11) is 0. The van der Waals surface area contributed by atoms with Crippen LogP contribution in [0.2, 0.25) is 0 Å². The molecule has 0 saturated carbocycles. The molecule has 0 saturated heterocycles. The molecule has 1 aliphatic rings. The predicted molar refractivity (Wildman–Crippen MR) is 47.3 cm³/mol. The van der Waals surface area contributed by atoms with E-state index in [0.717, 1.165) is 6.42 Å². The number of rotatable bonds is 3. The van der Waals surface area contributed by atoms with Gasteiger partial charge in [0.15, 0.2) is 0 Å². The maximum Gasteiger partial charge on any atom is 0.0459 e. The molecule has 1 N–H and O–H groups in total. The molecule has 0 aliphatic heterocycles. The van der Waals surface area contributed by atoms with Crippen LogP contribution in [0.15, 0.2) is 23.8 Å². The zero-order chi connectivity index (χ0) is 8.10. The first-order chi connectivity index (χ1) is 5.33. The van der Waals surface area contributed by atoms with E-state index in [2.05, 4.69) is 25.2 Å². The van der Waals surface area contributed by atoms with Gasteiger partial charge in [0.2, 0.25) is 0 Å². The number of hydrogen-bond acceptors (Lipinski definition) is 1. The first-order valence-electron chi connectivity index (χ1n) is 4.29. The smallest absolute Gasteiger partial charge is 0.0459 e. The van der Waals surface area contributed by atoms with Gasteiger partial charge in [-0.25, -0.2) is 0 Å². The van der Waals surface area contributed by atoms with Crippen LogP contribution < -0.4 is 0 Å². The van der Waals surface area contributed by atoms with Gasteiger partial charge in [0.1, 0.15) is 0 Å².